The van der Waals surface area contributed by atoms with E-state index in [-0.39, 0.29) is 35.5 Å². The molecule has 6 heteroatoms. The SMILES string of the molecule is CC(=O)Nc1cc(C)c(S(=O)[O-])c(C)c1.[Na+]. The first-order valence-corrected chi connectivity index (χ1v) is 5.47. The van der Waals surface area contributed by atoms with Crippen LogP contribution in [-0.2, 0) is 15.9 Å². The van der Waals surface area contributed by atoms with Gasteiger partial charge < -0.3 is 9.87 Å². The van der Waals surface area contributed by atoms with Crippen molar-refractivity contribution in [2.75, 3.05) is 5.32 Å². The number of hydrogen-bond donors (Lipinski definition) is 1. The number of benzene rings is 1. The molecule has 1 unspecified atom stereocenters. The number of rotatable bonds is 2. The molecule has 1 aromatic rings. The van der Waals surface area contributed by atoms with Crippen LogP contribution < -0.4 is 34.9 Å². The molecular formula is C10H12NNaO3S. The summed E-state index contributed by atoms with van der Waals surface area (Å²) in [6.45, 7) is 4.80. The van der Waals surface area contributed by atoms with Gasteiger partial charge in [-0.05, 0) is 48.2 Å². The van der Waals surface area contributed by atoms with Gasteiger partial charge in [0.2, 0.25) is 5.91 Å². The molecule has 82 valence electrons. The van der Waals surface area contributed by atoms with E-state index in [9.17, 15) is 13.6 Å². The third kappa shape index (κ3) is 3.99. The van der Waals surface area contributed by atoms with Gasteiger partial charge in [0, 0.05) is 17.5 Å². The summed E-state index contributed by atoms with van der Waals surface area (Å²) >= 11 is -2.24. The fraction of sp³-hybridized carbons (Fsp3) is 0.300. The van der Waals surface area contributed by atoms with Gasteiger partial charge in [0.05, 0.1) is 0 Å². The molecule has 16 heavy (non-hydrogen) atoms. The Labute approximate surface area is 119 Å². The summed E-state index contributed by atoms with van der Waals surface area (Å²) in [7, 11) is 0. The second kappa shape index (κ2) is 6.51. The Bertz CT molecular complexity index is 411. The molecule has 0 aliphatic heterocycles. The van der Waals surface area contributed by atoms with Crippen LogP contribution >= 0.6 is 0 Å². The molecule has 0 aliphatic rings. The average Bonchev–Trinajstić information content (AvgIpc) is 1.99. The molecule has 4 nitrogen and oxygen atoms in total. The number of carbonyl (C=O) groups is 1. The summed E-state index contributed by atoms with van der Waals surface area (Å²) in [6.07, 6.45) is 0. The van der Waals surface area contributed by atoms with Crippen LogP contribution in [-0.4, -0.2) is 14.7 Å². The Morgan fingerprint density at radius 1 is 1.31 bits per heavy atom. The van der Waals surface area contributed by atoms with E-state index in [0.29, 0.717) is 21.7 Å². The van der Waals surface area contributed by atoms with Crippen LogP contribution in [0.25, 0.3) is 0 Å². The predicted octanol–water partition coefficient (Wildman–Crippen LogP) is -1.50. The summed E-state index contributed by atoms with van der Waals surface area (Å²) in [4.78, 5) is 11.1. The van der Waals surface area contributed by atoms with E-state index in [0.717, 1.165) is 0 Å². The molecule has 0 fully saturated rings. The van der Waals surface area contributed by atoms with E-state index in [1.807, 2.05) is 0 Å². The Morgan fingerprint density at radius 2 is 1.75 bits per heavy atom. The molecule has 0 heterocycles. The second-order valence-corrected chi connectivity index (χ2v) is 4.23. The fourth-order valence-electron chi connectivity index (χ4n) is 1.49. The van der Waals surface area contributed by atoms with E-state index >= 15 is 0 Å². The second-order valence-electron chi connectivity index (χ2n) is 3.36. The van der Waals surface area contributed by atoms with Crippen molar-refractivity contribution in [2.24, 2.45) is 0 Å². The van der Waals surface area contributed by atoms with Crippen molar-refractivity contribution in [3.05, 3.63) is 23.3 Å². The van der Waals surface area contributed by atoms with Gasteiger partial charge >= 0.3 is 29.6 Å². The Balaban J connectivity index is 0.00000225. The summed E-state index contributed by atoms with van der Waals surface area (Å²) in [5, 5.41) is 2.61. The average molecular weight is 249 g/mol. The van der Waals surface area contributed by atoms with Gasteiger partial charge in [-0.3, -0.25) is 9.00 Å². The summed E-state index contributed by atoms with van der Waals surface area (Å²) in [6, 6.07) is 3.28. The minimum absolute atomic E-state index is 0. The van der Waals surface area contributed by atoms with Crippen LogP contribution in [0.15, 0.2) is 17.0 Å². The zero-order valence-electron chi connectivity index (χ0n) is 9.79. The number of aryl methyl sites for hydroxylation is 2. The zero-order chi connectivity index (χ0) is 11.6. The Hall–Kier alpha value is -0.200. The van der Waals surface area contributed by atoms with Crippen molar-refractivity contribution in [3.8, 4) is 0 Å². The van der Waals surface area contributed by atoms with Crippen LogP contribution in [0.4, 0.5) is 5.69 Å². The number of anilines is 1. The molecule has 0 radical (unpaired) electrons. The van der Waals surface area contributed by atoms with Gasteiger partial charge in [0.25, 0.3) is 0 Å². The molecule has 1 aromatic carbocycles. The number of amides is 1. The van der Waals surface area contributed by atoms with Crippen molar-refractivity contribution in [1.82, 2.24) is 0 Å². The molecule has 0 aliphatic carbocycles. The van der Waals surface area contributed by atoms with E-state index in [2.05, 4.69) is 5.32 Å². The van der Waals surface area contributed by atoms with Crippen LogP contribution in [0, 0.1) is 13.8 Å². The van der Waals surface area contributed by atoms with Gasteiger partial charge in [-0.1, -0.05) is 0 Å². The Morgan fingerprint density at radius 3 is 2.06 bits per heavy atom. The molecule has 0 saturated carbocycles. The predicted molar refractivity (Wildman–Crippen MR) is 57.4 cm³/mol. The number of carbonyl (C=O) groups excluding carboxylic acids is 1. The maximum atomic E-state index is 10.9. The van der Waals surface area contributed by atoms with Crippen molar-refractivity contribution < 1.29 is 43.1 Å². The maximum Gasteiger partial charge on any atom is 1.00 e. The summed E-state index contributed by atoms with van der Waals surface area (Å²) < 4.78 is 21.8. The number of hydrogen-bond acceptors (Lipinski definition) is 3. The molecule has 1 rings (SSSR count). The minimum Gasteiger partial charge on any atom is -0.768 e. The Kier molecular flexibility index (Phi) is 6.43. The summed E-state index contributed by atoms with van der Waals surface area (Å²) in [5.41, 5.74) is 1.88. The van der Waals surface area contributed by atoms with Crippen LogP contribution in [0.3, 0.4) is 0 Å². The quantitative estimate of drug-likeness (QED) is 0.512. The topological polar surface area (TPSA) is 69.2 Å². The fourth-order valence-corrected chi connectivity index (χ4v) is 2.13. The third-order valence-electron chi connectivity index (χ3n) is 1.95. The first-order chi connectivity index (χ1) is 6.91. The van der Waals surface area contributed by atoms with E-state index < -0.39 is 11.1 Å². The summed E-state index contributed by atoms with van der Waals surface area (Å²) in [5.74, 6) is -0.176. The van der Waals surface area contributed by atoms with Gasteiger partial charge in [-0.15, -0.1) is 0 Å². The van der Waals surface area contributed by atoms with E-state index in [1.54, 1.807) is 26.0 Å². The van der Waals surface area contributed by atoms with Crippen molar-refractivity contribution in [1.29, 1.82) is 0 Å². The smallest absolute Gasteiger partial charge is 0.768 e. The normalized spacial score (nSPS) is 11.5. The minimum atomic E-state index is -2.24. The molecule has 0 aromatic heterocycles. The largest absolute Gasteiger partial charge is 1.00 e. The molecule has 1 N–H and O–H groups in total. The first kappa shape index (κ1) is 15.8. The molecule has 0 spiro atoms. The molecule has 0 saturated heterocycles. The number of nitrogens with one attached hydrogen (secondary N) is 1. The van der Waals surface area contributed by atoms with Gasteiger partial charge in [0.1, 0.15) is 0 Å². The molecule has 0 bridgehead atoms. The zero-order valence-corrected chi connectivity index (χ0v) is 12.6. The van der Waals surface area contributed by atoms with Crippen molar-refractivity contribution in [2.45, 2.75) is 25.7 Å². The van der Waals surface area contributed by atoms with Gasteiger partial charge in [0.15, 0.2) is 0 Å². The van der Waals surface area contributed by atoms with Crippen molar-refractivity contribution >= 4 is 22.7 Å². The molecule has 1 atom stereocenters. The van der Waals surface area contributed by atoms with Gasteiger partial charge in [-0.2, -0.15) is 0 Å². The standard InChI is InChI=1S/C10H13NO3S.Na/c1-6-4-9(11-8(3)12)5-7(2)10(6)15(13)14;/h4-5H,1-3H3,(H,11,12)(H,13,14);/q;+1/p-1. The van der Waals surface area contributed by atoms with Crippen molar-refractivity contribution in [3.63, 3.8) is 0 Å². The maximum absolute atomic E-state index is 10.9. The monoisotopic (exact) mass is 249 g/mol. The first-order valence-electron chi connectivity index (χ1n) is 4.40. The van der Waals surface area contributed by atoms with E-state index in [4.69, 9.17) is 0 Å². The van der Waals surface area contributed by atoms with Gasteiger partial charge in [-0.25, -0.2) is 0 Å². The third-order valence-corrected chi connectivity index (χ3v) is 2.92. The molecular weight excluding hydrogens is 237 g/mol. The van der Waals surface area contributed by atoms with Crippen LogP contribution in [0.5, 0.6) is 0 Å². The van der Waals surface area contributed by atoms with E-state index in [1.165, 1.54) is 6.92 Å². The van der Waals surface area contributed by atoms with Crippen LogP contribution in [0.1, 0.15) is 18.1 Å². The molecule has 1 amide bonds. The van der Waals surface area contributed by atoms with Crippen LogP contribution in [0.2, 0.25) is 0 Å².